The molecule has 4 unspecified atom stereocenters. The van der Waals surface area contributed by atoms with Crippen molar-refractivity contribution in [2.45, 2.75) is 43.9 Å². The zero-order chi connectivity index (χ0) is 16.6. The Morgan fingerprint density at radius 1 is 1.26 bits per heavy atom. The van der Waals surface area contributed by atoms with Crippen molar-refractivity contribution in [1.82, 2.24) is 15.1 Å². The number of rotatable bonds is 4. The number of fused-ring (bicyclic) bond motifs is 2. The molecule has 3 heterocycles. The third-order valence-corrected chi connectivity index (χ3v) is 5.45. The fourth-order valence-corrected chi connectivity index (χ4v) is 4.43. The summed E-state index contributed by atoms with van der Waals surface area (Å²) in [4.78, 5) is 15.6. The lowest BCUT2D eigenvalue weighted by atomic mass is 9.90. The van der Waals surface area contributed by atoms with Gasteiger partial charge in [-0.2, -0.15) is 13.2 Å². The normalized spacial score (nSPS) is 34.3. The van der Waals surface area contributed by atoms with E-state index in [0.717, 1.165) is 19.3 Å². The van der Waals surface area contributed by atoms with Crippen molar-refractivity contribution in [1.29, 1.82) is 0 Å². The van der Waals surface area contributed by atoms with Crippen molar-refractivity contribution in [3.8, 4) is 0 Å². The lowest BCUT2D eigenvalue weighted by molar-refractivity contribution is -0.143. The van der Waals surface area contributed by atoms with E-state index in [0.29, 0.717) is 26.1 Å². The standard InChI is InChI=1S/C15H24F3N3O2/c16-15(17,18)9-20-4-3-10(7-20)6-19-14(23)21-12-1-2-13(21)11(5-12)8-22/h10-13,22H,1-9H2,(H,19,23). The minimum Gasteiger partial charge on any atom is -0.396 e. The highest BCUT2D eigenvalue weighted by atomic mass is 19.4. The maximum atomic E-state index is 12.4. The Labute approximate surface area is 133 Å². The van der Waals surface area contributed by atoms with E-state index in [4.69, 9.17) is 0 Å². The van der Waals surface area contributed by atoms with Gasteiger partial charge in [0.25, 0.3) is 0 Å². The molecule has 23 heavy (non-hydrogen) atoms. The first-order valence-corrected chi connectivity index (χ1v) is 8.33. The molecule has 0 aliphatic carbocycles. The van der Waals surface area contributed by atoms with E-state index < -0.39 is 12.7 Å². The number of hydrogen-bond acceptors (Lipinski definition) is 3. The third kappa shape index (κ3) is 3.74. The Balaban J connectivity index is 1.44. The number of aliphatic hydroxyl groups is 1. The Bertz CT molecular complexity index is 446. The monoisotopic (exact) mass is 335 g/mol. The number of alkyl halides is 3. The number of halogens is 3. The lowest BCUT2D eigenvalue weighted by Gasteiger charge is -2.25. The smallest absolute Gasteiger partial charge is 0.396 e. The van der Waals surface area contributed by atoms with Gasteiger partial charge in [0.05, 0.1) is 6.54 Å². The van der Waals surface area contributed by atoms with Crippen LogP contribution in [0.25, 0.3) is 0 Å². The van der Waals surface area contributed by atoms with Crippen LogP contribution in [0.4, 0.5) is 18.0 Å². The summed E-state index contributed by atoms with van der Waals surface area (Å²) in [6.07, 6.45) is -0.699. The van der Waals surface area contributed by atoms with Crippen LogP contribution < -0.4 is 5.32 Å². The van der Waals surface area contributed by atoms with Crippen LogP contribution in [0, 0.1) is 11.8 Å². The highest BCUT2D eigenvalue weighted by molar-refractivity contribution is 5.75. The summed E-state index contributed by atoms with van der Waals surface area (Å²) < 4.78 is 37.1. The van der Waals surface area contributed by atoms with E-state index in [1.54, 1.807) is 0 Å². The van der Waals surface area contributed by atoms with Gasteiger partial charge in [0.2, 0.25) is 0 Å². The Morgan fingerprint density at radius 3 is 2.70 bits per heavy atom. The summed E-state index contributed by atoms with van der Waals surface area (Å²) in [5, 5.41) is 12.2. The molecule has 0 radical (unpaired) electrons. The van der Waals surface area contributed by atoms with Crippen LogP contribution in [0.15, 0.2) is 0 Å². The second kappa shape index (κ2) is 6.47. The lowest BCUT2D eigenvalue weighted by Crippen LogP contribution is -2.45. The van der Waals surface area contributed by atoms with Gasteiger partial charge < -0.3 is 15.3 Å². The average molecular weight is 335 g/mol. The number of aliphatic hydroxyl groups excluding tert-OH is 1. The summed E-state index contributed by atoms with van der Waals surface area (Å²) in [6.45, 7) is 0.478. The van der Waals surface area contributed by atoms with Crippen LogP contribution in [-0.2, 0) is 0 Å². The predicted molar refractivity (Wildman–Crippen MR) is 77.8 cm³/mol. The van der Waals surface area contributed by atoms with Crippen LogP contribution in [0.1, 0.15) is 25.7 Å². The van der Waals surface area contributed by atoms with Crippen molar-refractivity contribution < 1.29 is 23.1 Å². The van der Waals surface area contributed by atoms with Crippen LogP contribution in [0.3, 0.4) is 0 Å². The van der Waals surface area contributed by atoms with Gasteiger partial charge in [0.1, 0.15) is 0 Å². The van der Waals surface area contributed by atoms with Crippen LogP contribution >= 0.6 is 0 Å². The van der Waals surface area contributed by atoms with Crippen molar-refractivity contribution in [2.24, 2.45) is 11.8 Å². The highest BCUT2D eigenvalue weighted by Crippen LogP contribution is 2.41. The van der Waals surface area contributed by atoms with E-state index in [-0.39, 0.29) is 36.6 Å². The minimum absolute atomic E-state index is 0.0789. The van der Waals surface area contributed by atoms with Gasteiger partial charge in [-0.3, -0.25) is 4.90 Å². The Hall–Kier alpha value is -1.02. The van der Waals surface area contributed by atoms with Gasteiger partial charge in [-0.1, -0.05) is 0 Å². The number of carbonyl (C=O) groups excluding carboxylic acids is 1. The third-order valence-electron chi connectivity index (χ3n) is 5.45. The van der Waals surface area contributed by atoms with E-state index in [1.807, 2.05) is 4.90 Å². The second-order valence-electron chi connectivity index (χ2n) is 7.08. The molecule has 2 N–H and O–H groups in total. The molecule has 3 fully saturated rings. The van der Waals surface area contributed by atoms with Crippen LogP contribution in [-0.4, -0.2) is 72.0 Å². The van der Waals surface area contributed by atoms with Gasteiger partial charge >= 0.3 is 12.2 Å². The minimum atomic E-state index is -4.16. The molecule has 0 aromatic carbocycles. The molecular weight excluding hydrogens is 311 g/mol. The number of amides is 2. The van der Waals surface area contributed by atoms with Gasteiger partial charge in [-0.15, -0.1) is 0 Å². The van der Waals surface area contributed by atoms with Gasteiger partial charge in [0, 0.05) is 37.7 Å². The number of carbonyl (C=O) groups is 1. The van der Waals surface area contributed by atoms with Crippen molar-refractivity contribution in [3.63, 3.8) is 0 Å². The van der Waals surface area contributed by atoms with E-state index >= 15 is 0 Å². The Kier molecular flexibility index (Phi) is 4.73. The Morgan fingerprint density at radius 2 is 2.04 bits per heavy atom. The molecule has 2 bridgehead atoms. The summed E-state index contributed by atoms with van der Waals surface area (Å²) in [6, 6.07) is 0.209. The van der Waals surface area contributed by atoms with E-state index in [9.17, 15) is 23.1 Å². The molecule has 8 heteroatoms. The first-order valence-electron chi connectivity index (χ1n) is 8.33. The average Bonchev–Trinajstić information content (AvgIpc) is 3.16. The maximum absolute atomic E-state index is 12.4. The molecule has 3 aliphatic heterocycles. The largest absolute Gasteiger partial charge is 0.401 e. The fraction of sp³-hybridized carbons (Fsp3) is 0.933. The first-order chi connectivity index (χ1) is 10.9. The molecule has 3 saturated heterocycles. The molecule has 0 aromatic heterocycles. The predicted octanol–water partition coefficient (Wildman–Crippen LogP) is 1.43. The number of nitrogens with zero attached hydrogens (tertiary/aromatic N) is 2. The number of urea groups is 1. The molecule has 0 aromatic rings. The fourth-order valence-electron chi connectivity index (χ4n) is 4.43. The highest BCUT2D eigenvalue weighted by Gasteiger charge is 2.48. The molecule has 132 valence electrons. The molecule has 0 saturated carbocycles. The van der Waals surface area contributed by atoms with Gasteiger partial charge in [0.15, 0.2) is 0 Å². The summed E-state index contributed by atoms with van der Waals surface area (Å²) in [7, 11) is 0. The quantitative estimate of drug-likeness (QED) is 0.817. The first kappa shape index (κ1) is 16.8. The summed E-state index contributed by atoms with van der Waals surface area (Å²) in [5.74, 6) is 0.253. The molecular formula is C15H24F3N3O2. The summed E-state index contributed by atoms with van der Waals surface area (Å²) in [5.41, 5.74) is 0. The molecule has 3 aliphatic rings. The zero-order valence-electron chi connectivity index (χ0n) is 13.1. The van der Waals surface area contributed by atoms with Crippen LogP contribution in [0.5, 0.6) is 0 Å². The number of likely N-dealkylation sites (tertiary alicyclic amines) is 1. The molecule has 2 amide bonds. The van der Waals surface area contributed by atoms with Gasteiger partial charge in [-0.25, -0.2) is 4.79 Å². The molecule has 5 nitrogen and oxygen atoms in total. The second-order valence-corrected chi connectivity index (χ2v) is 7.08. The SMILES string of the molecule is O=C(NCC1CCN(CC(F)(F)F)C1)N1C2CCC1C(CO)C2. The number of nitrogens with one attached hydrogen (secondary N) is 1. The van der Waals surface area contributed by atoms with Crippen molar-refractivity contribution in [2.75, 3.05) is 32.8 Å². The topological polar surface area (TPSA) is 55.8 Å². The maximum Gasteiger partial charge on any atom is 0.401 e. The van der Waals surface area contributed by atoms with Gasteiger partial charge in [-0.05, 0) is 38.1 Å². The van der Waals surface area contributed by atoms with E-state index in [2.05, 4.69) is 5.32 Å². The van der Waals surface area contributed by atoms with Crippen LogP contribution in [0.2, 0.25) is 0 Å². The molecule has 0 spiro atoms. The van der Waals surface area contributed by atoms with Crippen molar-refractivity contribution in [3.05, 3.63) is 0 Å². The van der Waals surface area contributed by atoms with Crippen molar-refractivity contribution >= 4 is 6.03 Å². The number of hydrogen-bond donors (Lipinski definition) is 2. The molecule has 3 rings (SSSR count). The molecule has 4 atom stereocenters. The van der Waals surface area contributed by atoms with E-state index in [1.165, 1.54) is 4.90 Å². The summed E-state index contributed by atoms with van der Waals surface area (Å²) >= 11 is 0. The zero-order valence-corrected chi connectivity index (χ0v) is 13.1.